The average molecular weight is 260 g/mol. The quantitative estimate of drug-likeness (QED) is 0.741. The van der Waals surface area contributed by atoms with Gasteiger partial charge in [0.1, 0.15) is 0 Å². The minimum Gasteiger partial charge on any atom is -0.294 e. The molecule has 0 amide bonds. The normalized spacial score (nSPS) is 11.5. The van der Waals surface area contributed by atoms with Crippen molar-refractivity contribution in [2.75, 3.05) is 0 Å². The zero-order valence-corrected chi connectivity index (χ0v) is 9.39. The first kappa shape index (κ1) is 10.5. The van der Waals surface area contributed by atoms with Crippen molar-refractivity contribution in [3.8, 4) is 0 Å². The van der Waals surface area contributed by atoms with Crippen molar-refractivity contribution in [2.24, 2.45) is 0 Å². The smallest absolute Gasteiger partial charge is 0.166 e. The average Bonchev–Trinajstić information content (AvgIpc) is 2.08. The van der Waals surface area contributed by atoms with Gasteiger partial charge < -0.3 is 0 Å². The second-order valence-electron chi connectivity index (χ2n) is 2.60. The summed E-state index contributed by atoms with van der Waals surface area (Å²) in [5, 5.41) is 0.691. The van der Waals surface area contributed by atoms with Crippen LogP contribution in [0.25, 0.3) is 6.08 Å². The maximum absolute atomic E-state index is 10.9. The van der Waals surface area contributed by atoms with Gasteiger partial charge >= 0.3 is 0 Å². The molecule has 0 aliphatic rings. The van der Waals surface area contributed by atoms with E-state index in [-0.39, 0.29) is 5.78 Å². The van der Waals surface area contributed by atoms with Crippen LogP contribution in [-0.4, -0.2) is 5.78 Å². The van der Waals surface area contributed by atoms with E-state index in [9.17, 15) is 4.79 Å². The summed E-state index contributed by atoms with van der Waals surface area (Å²) in [7, 11) is 0. The van der Waals surface area contributed by atoms with Gasteiger partial charge in [-0.15, -0.1) is 0 Å². The highest BCUT2D eigenvalue weighted by atomic mass is 79.9. The van der Waals surface area contributed by atoms with Crippen LogP contribution >= 0.6 is 27.5 Å². The summed E-state index contributed by atoms with van der Waals surface area (Å²) in [6, 6.07) is 7.28. The Morgan fingerprint density at radius 1 is 1.38 bits per heavy atom. The number of ketones is 1. The number of rotatable bonds is 2. The molecule has 1 rings (SSSR count). The van der Waals surface area contributed by atoms with E-state index in [1.807, 2.05) is 12.1 Å². The minimum absolute atomic E-state index is 0.00921. The summed E-state index contributed by atoms with van der Waals surface area (Å²) in [6.07, 6.45) is 1.76. The lowest BCUT2D eigenvalue weighted by atomic mass is 10.2. The first-order valence-electron chi connectivity index (χ1n) is 3.73. The lowest BCUT2D eigenvalue weighted by molar-refractivity contribution is -0.112. The summed E-state index contributed by atoms with van der Waals surface area (Å²) in [4.78, 5) is 10.9. The summed E-state index contributed by atoms with van der Waals surface area (Å²) in [6.45, 7) is 1.51. The Kier molecular flexibility index (Phi) is 3.70. The number of benzene rings is 1. The summed E-state index contributed by atoms with van der Waals surface area (Å²) in [5.74, 6) is 0.00921. The molecule has 0 unspecified atom stereocenters. The van der Waals surface area contributed by atoms with E-state index >= 15 is 0 Å². The molecule has 0 saturated heterocycles. The number of carbonyl (C=O) groups is 1. The van der Waals surface area contributed by atoms with Gasteiger partial charge in [-0.25, -0.2) is 0 Å². The van der Waals surface area contributed by atoms with Crippen molar-refractivity contribution in [3.63, 3.8) is 0 Å². The Labute approximate surface area is 90.5 Å². The highest BCUT2D eigenvalue weighted by Gasteiger charge is 1.97. The Morgan fingerprint density at radius 3 is 2.38 bits per heavy atom. The molecule has 0 bridgehead atoms. The van der Waals surface area contributed by atoms with Crippen LogP contribution in [-0.2, 0) is 4.79 Å². The van der Waals surface area contributed by atoms with Crippen molar-refractivity contribution in [1.29, 1.82) is 0 Å². The molecule has 1 nitrogen and oxygen atoms in total. The molecule has 0 aromatic heterocycles. The molecule has 1 aromatic rings. The van der Waals surface area contributed by atoms with Crippen LogP contribution in [0.3, 0.4) is 0 Å². The van der Waals surface area contributed by atoms with Gasteiger partial charge in [0.25, 0.3) is 0 Å². The maximum atomic E-state index is 10.9. The lowest BCUT2D eigenvalue weighted by Gasteiger charge is -1.95. The molecular weight excluding hydrogens is 251 g/mol. The van der Waals surface area contributed by atoms with Gasteiger partial charge in [-0.2, -0.15) is 0 Å². The molecule has 0 saturated carbocycles. The third-order valence-corrected chi connectivity index (χ3v) is 2.54. The van der Waals surface area contributed by atoms with Gasteiger partial charge in [-0.3, -0.25) is 4.79 Å². The van der Waals surface area contributed by atoms with Crippen LogP contribution in [0, 0.1) is 0 Å². The fourth-order valence-corrected chi connectivity index (χ4v) is 1.20. The predicted molar refractivity (Wildman–Crippen MR) is 59.0 cm³/mol. The van der Waals surface area contributed by atoms with Crippen LogP contribution in [0.1, 0.15) is 12.5 Å². The number of allylic oxidation sites excluding steroid dienone is 1. The molecular formula is C10H8BrClO. The Balaban J connectivity index is 2.92. The standard InChI is InChI=1S/C10H8BrClO/c1-7(13)10(11)6-8-2-4-9(12)5-3-8/h2-6H,1H3/b10-6-. The van der Waals surface area contributed by atoms with E-state index in [2.05, 4.69) is 15.9 Å². The van der Waals surface area contributed by atoms with Crippen molar-refractivity contribution >= 4 is 39.4 Å². The van der Waals surface area contributed by atoms with Crippen molar-refractivity contribution < 1.29 is 4.79 Å². The molecule has 1 aromatic carbocycles. The van der Waals surface area contributed by atoms with Crippen molar-refractivity contribution in [2.45, 2.75) is 6.92 Å². The molecule has 68 valence electrons. The third kappa shape index (κ3) is 3.33. The van der Waals surface area contributed by atoms with Gasteiger partial charge in [0.2, 0.25) is 0 Å². The number of hydrogen-bond acceptors (Lipinski definition) is 1. The van der Waals surface area contributed by atoms with E-state index in [0.717, 1.165) is 5.56 Å². The highest BCUT2D eigenvalue weighted by Crippen LogP contribution is 2.15. The van der Waals surface area contributed by atoms with Crippen LogP contribution in [0.5, 0.6) is 0 Å². The Bertz CT molecular complexity index is 340. The zero-order valence-electron chi connectivity index (χ0n) is 7.05. The van der Waals surface area contributed by atoms with Gasteiger partial charge in [-0.05, 0) is 46.6 Å². The first-order chi connectivity index (χ1) is 6.09. The molecule has 0 aliphatic heterocycles. The van der Waals surface area contributed by atoms with Crippen LogP contribution < -0.4 is 0 Å². The molecule has 0 fully saturated rings. The molecule has 0 spiro atoms. The number of halogens is 2. The van der Waals surface area contributed by atoms with E-state index in [1.165, 1.54) is 6.92 Å². The Hall–Kier alpha value is -0.600. The molecule has 0 N–H and O–H groups in total. The summed E-state index contributed by atoms with van der Waals surface area (Å²) in [5.41, 5.74) is 0.950. The number of Topliss-reactive ketones (excluding diaryl/α,β-unsaturated/α-hetero) is 1. The molecule has 0 aliphatic carbocycles. The van der Waals surface area contributed by atoms with Gasteiger partial charge in [-0.1, -0.05) is 23.7 Å². The Morgan fingerprint density at radius 2 is 1.92 bits per heavy atom. The molecule has 0 heterocycles. The summed E-state index contributed by atoms with van der Waals surface area (Å²) >= 11 is 8.89. The van der Waals surface area contributed by atoms with E-state index in [0.29, 0.717) is 9.51 Å². The number of hydrogen-bond donors (Lipinski definition) is 0. The van der Waals surface area contributed by atoms with Gasteiger partial charge in [0.05, 0.1) is 4.48 Å². The van der Waals surface area contributed by atoms with Crippen molar-refractivity contribution in [3.05, 3.63) is 39.3 Å². The second kappa shape index (κ2) is 4.58. The van der Waals surface area contributed by atoms with E-state index in [4.69, 9.17) is 11.6 Å². The van der Waals surface area contributed by atoms with Crippen LogP contribution in [0.2, 0.25) is 5.02 Å². The second-order valence-corrected chi connectivity index (χ2v) is 3.89. The van der Waals surface area contributed by atoms with Crippen molar-refractivity contribution in [1.82, 2.24) is 0 Å². The largest absolute Gasteiger partial charge is 0.294 e. The topological polar surface area (TPSA) is 17.1 Å². The SMILES string of the molecule is CC(=O)/C(Br)=C/c1ccc(Cl)cc1. The minimum atomic E-state index is 0.00921. The van der Waals surface area contributed by atoms with Gasteiger partial charge in [0, 0.05) is 5.02 Å². The highest BCUT2D eigenvalue weighted by molar-refractivity contribution is 9.12. The lowest BCUT2D eigenvalue weighted by Crippen LogP contribution is -1.87. The molecule has 3 heteroatoms. The molecule has 0 radical (unpaired) electrons. The zero-order chi connectivity index (χ0) is 9.84. The fraction of sp³-hybridized carbons (Fsp3) is 0.100. The van der Waals surface area contributed by atoms with Gasteiger partial charge in [0.15, 0.2) is 5.78 Å². The molecule has 13 heavy (non-hydrogen) atoms. The first-order valence-corrected chi connectivity index (χ1v) is 4.90. The fourth-order valence-electron chi connectivity index (χ4n) is 0.807. The molecule has 0 atom stereocenters. The van der Waals surface area contributed by atoms with E-state index < -0.39 is 0 Å². The van der Waals surface area contributed by atoms with E-state index in [1.54, 1.807) is 18.2 Å². The van der Waals surface area contributed by atoms with Crippen LogP contribution in [0.15, 0.2) is 28.7 Å². The third-order valence-electron chi connectivity index (χ3n) is 1.50. The maximum Gasteiger partial charge on any atom is 0.166 e. The predicted octanol–water partition coefficient (Wildman–Crippen LogP) is 3.66. The number of carbonyl (C=O) groups excluding carboxylic acids is 1. The monoisotopic (exact) mass is 258 g/mol. The summed E-state index contributed by atoms with van der Waals surface area (Å²) < 4.78 is 0.565. The van der Waals surface area contributed by atoms with Crippen LogP contribution in [0.4, 0.5) is 0 Å².